The van der Waals surface area contributed by atoms with Crippen LogP contribution < -0.4 is 4.90 Å². The first kappa shape index (κ1) is 20.7. The highest BCUT2D eigenvalue weighted by atomic mass is 79.9. The van der Waals surface area contributed by atoms with Gasteiger partial charge in [0.25, 0.3) is 0 Å². The van der Waals surface area contributed by atoms with Crippen molar-refractivity contribution in [2.45, 2.75) is 26.7 Å². The molecule has 4 nitrogen and oxygen atoms in total. The minimum atomic E-state index is 0.522. The zero-order chi connectivity index (χ0) is 20.7. The number of nitrogens with zero attached hydrogens (tertiary/aromatic N) is 4. The van der Waals surface area contributed by atoms with Crippen LogP contribution in [0.4, 0.5) is 5.69 Å². The molecule has 1 aliphatic rings. The maximum Gasteiger partial charge on any atom is 0.217 e. The van der Waals surface area contributed by atoms with Gasteiger partial charge in [-0.15, -0.1) is 0 Å². The van der Waals surface area contributed by atoms with Crippen LogP contribution >= 0.6 is 43.5 Å². The largest absolute Gasteiger partial charge is 0.371 e. The number of piperidine rings is 1. The number of anilines is 1. The van der Waals surface area contributed by atoms with Crippen molar-refractivity contribution in [1.82, 2.24) is 9.55 Å². The van der Waals surface area contributed by atoms with Crippen molar-refractivity contribution >= 4 is 60.2 Å². The van der Waals surface area contributed by atoms with Gasteiger partial charge in [-0.05, 0) is 82.3 Å². The Balaban J connectivity index is 1.83. The van der Waals surface area contributed by atoms with E-state index in [2.05, 4.69) is 65.4 Å². The summed E-state index contributed by atoms with van der Waals surface area (Å²) >= 11 is 13.5. The van der Waals surface area contributed by atoms with Gasteiger partial charge in [-0.25, -0.2) is 11.6 Å². The fourth-order valence-corrected chi connectivity index (χ4v) is 6.23. The van der Waals surface area contributed by atoms with Crippen LogP contribution in [0.25, 0.3) is 21.6 Å². The van der Waals surface area contributed by atoms with Crippen molar-refractivity contribution in [2.24, 2.45) is 5.92 Å². The molecule has 1 aliphatic heterocycles. The van der Waals surface area contributed by atoms with Gasteiger partial charge in [-0.1, -0.05) is 11.6 Å². The van der Waals surface area contributed by atoms with E-state index in [0.29, 0.717) is 17.5 Å². The second kappa shape index (κ2) is 8.29. The predicted octanol–water partition coefficient (Wildman–Crippen LogP) is 6.96. The van der Waals surface area contributed by atoms with Crippen LogP contribution in [-0.4, -0.2) is 29.2 Å². The molecular formula is C22H21Br2ClN4. The molecule has 0 aliphatic carbocycles. The van der Waals surface area contributed by atoms with Crippen LogP contribution in [0, 0.1) is 26.3 Å². The number of pyridine rings is 1. The van der Waals surface area contributed by atoms with Crippen LogP contribution in [-0.2, 0) is 0 Å². The molecule has 0 unspecified atom stereocenters. The van der Waals surface area contributed by atoms with Crippen LogP contribution in [0.3, 0.4) is 0 Å². The molecular weight excluding hydrogens is 516 g/mol. The molecule has 1 saturated heterocycles. The standard InChI is InChI=1S/C22H21Br2ClN4/c1-13-12-29(21-17(23)9-16(25)10-18(21)24)22-20(13)19(8-14(2)27-22)28-6-4-15(5-7-28)11-26-3/h8-10,12,15H,4-7,11H2,1-2H3. The van der Waals surface area contributed by atoms with Gasteiger partial charge in [-0.3, -0.25) is 4.57 Å². The Morgan fingerprint density at radius 1 is 1.17 bits per heavy atom. The Hall–Kier alpha value is -1.55. The monoisotopic (exact) mass is 534 g/mol. The van der Waals surface area contributed by atoms with Crippen LogP contribution in [0.2, 0.25) is 5.02 Å². The summed E-state index contributed by atoms with van der Waals surface area (Å²) in [5.41, 5.74) is 5.37. The molecule has 7 heteroatoms. The molecule has 0 amide bonds. The van der Waals surface area contributed by atoms with Gasteiger partial charge in [0.1, 0.15) is 5.65 Å². The van der Waals surface area contributed by atoms with E-state index >= 15 is 0 Å². The summed E-state index contributed by atoms with van der Waals surface area (Å²) in [7, 11) is 0. The lowest BCUT2D eigenvalue weighted by atomic mass is 9.96. The van der Waals surface area contributed by atoms with Gasteiger partial charge in [-0.2, -0.15) is 0 Å². The third-order valence-electron chi connectivity index (χ3n) is 5.58. The van der Waals surface area contributed by atoms with Crippen LogP contribution in [0.1, 0.15) is 24.1 Å². The molecule has 3 aromatic rings. The number of fused-ring (bicyclic) bond motifs is 1. The summed E-state index contributed by atoms with van der Waals surface area (Å²) in [4.78, 5) is 11.0. The van der Waals surface area contributed by atoms with E-state index < -0.39 is 0 Å². The van der Waals surface area contributed by atoms with Crippen molar-refractivity contribution in [2.75, 3.05) is 24.5 Å². The van der Waals surface area contributed by atoms with E-state index in [0.717, 1.165) is 51.9 Å². The normalized spacial score (nSPS) is 15.1. The fourth-order valence-electron chi connectivity index (χ4n) is 4.18. The number of hydrogen-bond donors (Lipinski definition) is 0. The molecule has 1 fully saturated rings. The average Bonchev–Trinajstić information content (AvgIpc) is 2.97. The van der Waals surface area contributed by atoms with E-state index in [1.807, 2.05) is 19.1 Å². The molecule has 1 aromatic carbocycles. The summed E-state index contributed by atoms with van der Waals surface area (Å²) in [5.74, 6) is 0.522. The molecule has 0 radical (unpaired) electrons. The second-order valence-corrected chi connectivity index (χ2v) is 9.80. The Kier molecular flexibility index (Phi) is 5.92. The number of halogens is 3. The first-order valence-electron chi connectivity index (χ1n) is 9.61. The first-order chi connectivity index (χ1) is 13.9. The topological polar surface area (TPSA) is 25.4 Å². The maximum absolute atomic E-state index is 7.13. The lowest BCUT2D eigenvalue weighted by Gasteiger charge is -2.32. The van der Waals surface area contributed by atoms with Gasteiger partial charge in [0, 0.05) is 55.9 Å². The molecule has 4 rings (SSSR count). The predicted molar refractivity (Wildman–Crippen MR) is 127 cm³/mol. The molecule has 3 heterocycles. The van der Waals surface area contributed by atoms with E-state index in [1.54, 1.807) is 0 Å². The zero-order valence-corrected chi connectivity index (χ0v) is 20.3. The minimum absolute atomic E-state index is 0.522. The van der Waals surface area contributed by atoms with Crippen molar-refractivity contribution in [3.05, 3.63) is 61.0 Å². The van der Waals surface area contributed by atoms with Gasteiger partial charge >= 0.3 is 0 Å². The highest BCUT2D eigenvalue weighted by molar-refractivity contribution is 9.11. The van der Waals surface area contributed by atoms with Gasteiger partial charge < -0.3 is 9.74 Å². The lowest BCUT2D eigenvalue weighted by molar-refractivity contribution is 0.431. The van der Waals surface area contributed by atoms with Gasteiger partial charge in [0.05, 0.1) is 5.69 Å². The molecule has 29 heavy (non-hydrogen) atoms. The highest BCUT2D eigenvalue weighted by Crippen LogP contribution is 2.39. The molecule has 0 spiro atoms. The molecule has 150 valence electrons. The number of aryl methyl sites for hydroxylation is 2. The number of hydrogen-bond acceptors (Lipinski definition) is 2. The Morgan fingerprint density at radius 3 is 2.45 bits per heavy atom. The smallest absolute Gasteiger partial charge is 0.217 e. The van der Waals surface area contributed by atoms with Crippen molar-refractivity contribution in [1.29, 1.82) is 0 Å². The van der Waals surface area contributed by atoms with Crippen molar-refractivity contribution in [3.8, 4) is 5.69 Å². The third-order valence-corrected chi connectivity index (χ3v) is 7.01. The van der Waals surface area contributed by atoms with Crippen LogP contribution in [0.5, 0.6) is 0 Å². The highest BCUT2D eigenvalue weighted by Gasteiger charge is 2.25. The van der Waals surface area contributed by atoms with E-state index in [4.69, 9.17) is 23.2 Å². The SMILES string of the molecule is [C-]#[N+]CC1CCN(c2cc(C)nc3c2c(C)cn3-c2c(Br)cc(Cl)cc2Br)CC1. The quantitative estimate of drug-likeness (QED) is 0.338. The Labute approximate surface area is 192 Å². The summed E-state index contributed by atoms with van der Waals surface area (Å²) in [5, 5.41) is 1.86. The van der Waals surface area contributed by atoms with Gasteiger partial charge in [0.2, 0.25) is 6.54 Å². The molecule has 2 aromatic heterocycles. The van der Waals surface area contributed by atoms with E-state index in [-0.39, 0.29) is 0 Å². The summed E-state index contributed by atoms with van der Waals surface area (Å²) in [6, 6.07) is 6.00. The number of benzene rings is 1. The van der Waals surface area contributed by atoms with Crippen molar-refractivity contribution < 1.29 is 0 Å². The molecule has 0 atom stereocenters. The van der Waals surface area contributed by atoms with Gasteiger partial charge in [0.15, 0.2) is 0 Å². The maximum atomic E-state index is 7.13. The summed E-state index contributed by atoms with van der Waals surface area (Å²) < 4.78 is 3.97. The Morgan fingerprint density at radius 2 is 1.83 bits per heavy atom. The van der Waals surface area contributed by atoms with Crippen LogP contribution in [0.15, 0.2) is 33.3 Å². The number of aromatic nitrogens is 2. The zero-order valence-electron chi connectivity index (χ0n) is 16.3. The van der Waals surface area contributed by atoms with Crippen molar-refractivity contribution in [3.63, 3.8) is 0 Å². The first-order valence-corrected chi connectivity index (χ1v) is 11.6. The lowest BCUT2D eigenvalue weighted by Crippen LogP contribution is -2.34. The molecule has 0 saturated carbocycles. The molecule has 0 bridgehead atoms. The molecule has 0 N–H and O–H groups in total. The average molecular weight is 537 g/mol. The second-order valence-electron chi connectivity index (χ2n) is 7.65. The fraction of sp³-hybridized carbons (Fsp3) is 0.364. The van der Waals surface area contributed by atoms with E-state index in [1.165, 1.54) is 16.6 Å². The summed E-state index contributed by atoms with van der Waals surface area (Å²) in [6.07, 6.45) is 4.28. The Bertz CT molecular complexity index is 1100. The van der Waals surface area contributed by atoms with E-state index in [9.17, 15) is 0 Å². The minimum Gasteiger partial charge on any atom is -0.371 e. The number of rotatable bonds is 3. The third kappa shape index (κ3) is 3.93. The summed E-state index contributed by atoms with van der Waals surface area (Å²) in [6.45, 7) is 13.9.